The van der Waals surface area contributed by atoms with Crippen LogP contribution in [0.5, 0.6) is 0 Å². The van der Waals surface area contributed by atoms with Crippen molar-refractivity contribution in [2.45, 2.75) is 31.7 Å². The SMILES string of the molecule is CCCN1CCC(CN)(Nc2ccc(Br)c(Cl)c2)CC1. The van der Waals surface area contributed by atoms with Crippen molar-refractivity contribution in [3.8, 4) is 0 Å². The average Bonchev–Trinajstić information content (AvgIpc) is 2.46. The minimum Gasteiger partial charge on any atom is -0.378 e. The first-order valence-electron chi connectivity index (χ1n) is 7.24. The normalized spacial score (nSPS) is 19.0. The Labute approximate surface area is 135 Å². The lowest BCUT2D eigenvalue weighted by Gasteiger charge is -2.42. The molecule has 0 amide bonds. The summed E-state index contributed by atoms with van der Waals surface area (Å²) in [5.74, 6) is 0. The number of rotatable bonds is 5. The number of benzene rings is 1. The van der Waals surface area contributed by atoms with Crippen LogP contribution in [0.15, 0.2) is 22.7 Å². The number of piperidine rings is 1. The number of nitrogens with zero attached hydrogens (tertiary/aromatic N) is 1. The van der Waals surface area contributed by atoms with E-state index in [1.54, 1.807) is 0 Å². The van der Waals surface area contributed by atoms with Gasteiger partial charge in [-0.15, -0.1) is 0 Å². The van der Waals surface area contributed by atoms with E-state index in [1.807, 2.05) is 18.2 Å². The lowest BCUT2D eigenvalue weighted by atomic mass is 9.87. The molecule has 1 saturated heterocycles. The van der Waals surface area contributed by atoms with E-state index in [0.29, 0.717) is 6.54 Å². The van der Waals surface area contributed by atoms with E-state index in [4.69, 9.17) is 17.3 Å². The van der Waals surface area contributed by atoms with Gasteiger partial charge in [-0.3, -0.25) is 0 Å². The van der Waals surface area contributed by atoms with Crippen LogP contribution in [0, 0.1) is 0 Å². The van der Waals surface area contributed by atoms with E-state index in [2.05, 4.69) is 33.1 Å². The number of hydrogen-bond donors (Lipinski definition) is 2. The Morgan fingerprint density at radius 2 is 2.10 bits per heavy atom. The molecule has 0 unspecified atom stereocenters. The first-order chi connectivity index (χ1) is 9.58. The van der Waals surface area contributed by atoms with Gasteiger partial charge in [-0.25, -0.2) is 0 Å². The summed E-state index contributed by atoms with van der Waals surface area (Å²) in [5.41, 5.74) is 7.10. The van der Waals surface area contributed by atoms with Gasteiger partial charge in [0.15, 0.2) is 0 Å². The van der Waals surface area contributed by atoms with Crippen molar-refractivity contribution in [1.29, 1.82) is 0 Å². The van der Waals surface area contributed by atoms with Gasteiger partial charge in [0.05, 0.1) is 10.6 Å². The van der Waals surface area contributed by atoms with Crippen LogP contribution in [0.2, 0.25) is 5.02 Å². The molecule has 0 atom stereocenters. The Morgan fingerprint density at radius 1 is 1.40 bits per heavy atom. The Balaban J connectivity index is 2.03. The van der Waals surface area contributed by atoms with Crippen molar-refractivity contribution in [2.24, 2.45) is 5.73 Å². The smallest absolute Gasteiger partial charge is 0.0568 e. The molecular formula is C15H23BrClN3. The van der Waals surface area contributed by atoms with Crippen LogP contribution in [0.3, 0.4) is 0 Å². The molecule has 1 aliphatic rings. The van der Waals surface area contributed by atoms with Gasteiger partial charge in [-0.05, 0) is 59.9 Å². The standard InChI is InChI=1S/C15H23BrClN3/c1-2-7-20-8-5-15(11-18,6-9-20)19-12-3-4-13(16)14(17)10-12/h3-4,10,19H,2,5-9,11,18H2,1H3. The highest BCUT2D eigenvalue weighted by atomic mass is 79.9. The van der Waals surface area contributed by atoms with Crippen LogP contribution >= 0.6 is 27.5 Å². The fourth-order valence-electron chi connectivity index (χ4n) is 2.78. The van der Waals surface area contributed by atoms with Gasteiger partial charge in [0.2, 0.25) is 0 Å². The van der Waals surface area contributed by atoms with Crippen molar-refractivity contribution in [2.75, 3.05) is 31.5 Å². The maximum atomic E-state index is 6.16. The van der Waals surface area contributed by atoms with E-state index in [-0.39, 0.29) is 5.54 Å². The zero-order valence-electron chi connectivity index (χ0n) is 12.0. The number of hydrogen-bond acceptors (Lipinski definition) is 3. The third kappa shape index (κ3) is 3.88. The number of nitrogens with one attached hydrogen (secondary N) is 1. The Hall–Kier alpha value is -0.290. The summed E-state index contributed by atoms with van der Waals surface area (Å²) in [6.07, 6.45) is 3.37. The Bertz CT molecular complexity index is 445. The summed E-state index contributed by atoms with van der Waals surface area (Å²) in [5, 5.41) is 4.35. The molecule has 0 bridgehead atoms. The molecule has 3 nitrogen and oxygen atoms in total. The van der Waals surface area contributed by atoms with Crippen molar-refractivity contribution in [3.63, 3.8) is 0 Å². The predicted octanol–water partition coefficient (Wildman–Crippen LogP) is 3.72. The van der Waals surface area contributed by atoms with Gasteiger partial charge in [-0.1, -0.05) is 18.5 Å². The lowest BCUT2D eigenvalue weighted by Crippen LogP contribution is -2.53. The highest BCUT2D eigenvalue weighted by Crippen LogP contribution is 2.30. The van der Waals surface area contributed by atoms with Crippen molar-refractivity contribution in [3.05, 3.63) is 27.7 Å². The molecule has 0 saturated carbocycles. The zero-order valence-corrected chi connectivity index (χ0v) is 14.3. The zero-order chi connectivity index (χ0) is 14.6. The summed E-state index contributed by atoms with van der Waals surface area (Å²) < 4.78 is 0.921. The van der Waals surface area contributed by atoms with E-state index in [9.17, 15) is 0 Å². The van der Waals surface area contributed by atoms with E-state index in [0.717, 1.165) is 41.1 Å². The second-order valence-electron chi connectivity index (χ2n) is 5.58. The number of nitrogens with two attached hydrogens (primary N) is 1. The Morgan fingerprint density at radius 3 is 2.65 bits per heavy atom. The van der Waals surface area contributed by atoms with Gasteiger partial charge in [0.25, 0.3) is 0 Å². The number of likely N-dealkylation sites (tertiary alicyclic amines) is 1. The van der Waals surface area contributed by atoms with E-state index in [1.165, 1.54) is 13.0 Å². The summed E-state index contributed by atoms with van der Waals surface area (Å²) in [4.78, 5) is 2.52. The molecule has 3 N–H and O–H groups in total. The second kappa shape index (κ2) is 7.12. The number of anilines is 1. The van der Waals surface area contributed by atoms with E-state index >= 15 is 0 Å². The molecule has 2 rings (SSSR count). The molecule has 0 spiro atoms. The van der Waals surface area contributed by atoms with Gasteiger partial charge in [0.1, 0.15) is 0 Å². The number of halogens is 2. The van der Waals surface area contributed by atoms with Crippen LogP contribution in [0.25, 0.3) is 0 Å². The van der Waals surface area contributed by atoms with Crippen molar-refractivity contribution in [1.82, 2.24) is 4.90 Å². The highest BCUT2D eigenvalue weighted by Gasteiger charge is 2.33. The molecule has 1 fully saturated rings. The lowest BCUT2D eigenvalue weighted by molar-refractivity contribution is 0.177. The molecule has 112 valence electrons. The van der Waals surface area contributed by atoms with Crippen molar-refractivity contribution < 1.29 is 0 Å². The second-order valence-corrected chi connectivity index (χ2v) is 6.84. The maximum absolute atomic E-state index is 6.16. The van der Waals surface area contributed by atoms with Crippen LogP contribution in [0.1, 0.15) is 26.2 Å². The third-order valence-corrected chi connectivity index (χ3v) is 5.31. The van der Waals surface area contributed by atoms with Gasteiger partial charge < -0.3 is 16.0 Å². The molecule has 1 aliphatic heterocycles. The fraction of sp³-hybridized carbons (Fsp3) is 0.600. The Kier molecular flexibility index (Phi) is 5.73. The summed E-state index contributed by atoms with van der Waals surface area (Å²) in [6.45, 7) is 6.29. The molecule has 0 aromatic heterocycles. The summed E-state index contributed by atoms with van der Waals surface area (Å²) in [6, 6.07) is 5.98. The molecule has 1 aromatic carbocycles. The van der Waals surface area contributed by atoms with Crippen LogP contribution in [0.4, 0.5) is 5.69 Å². The van der Waals surface area contributed by atoms with Gasteiger partial charge >= 0.3 is 0 Å². The largest absolute Gasteiger partial charge is 0.378 e. The van der Waals surface area contributed by atoms with Gasteiger partial charge in [-0.2, -0.15) is 0 Å². The minimum atomic E-state index is 0.00139. The molecular weight excluding hydrogens is 338 g/mol. The first kappa shape index (κ1) is 16.1. The molecule has 5 heteroatoms. The maximum Gasteiger partial charge on any atom is 0.0568 e. The summed E-state index contributed by atoms with van der Waals surface area (Å²) >= 11 is 9.58. The minimum absolute atomic E-state index is 0.00139. The molecule has 1 aromatic rings. The topological polar surface area (TPSA) is 41.3 Å². The van der Waals surface area contributed by atoms with E-state index < -0.39 is 0 Å². The average molecular weight is 361 g/mol. The fourth-order valence-corrected chi connectivity index (χ4v) is 3.21. The molecule has 0 aliphatic carbocycles. The molecule has 20 heavy (non-hydrogen) atoms. The summed E-state index contributed by atoms with van der Waals surface area (Å²) in [7, 11) is 0. The monoisotopic (exact) mass is 359 g/mol. The third-order valence-electron chi connectivity index (χ3n) is 4.07. The van der Waals surface area contributed by atoms with Gasteiger partial charge in [0, 0.05) is 29.8 Å². The quantitative estimate of drug-likeness (QED) is 0.841. The van der Waals surface area contributed by atoms with Crippen LogP contribution in [-0.2, 0) is 0 Å². The molecule has 1 heterocycles. The first-order valence-corrected chi connectivity index (χ1v) is 8.41. The van der Waals surface area contributed by atoms with Crippen LogP contribution in [-0.4, -0.2) is 36.6 Å². The highest BCUT2D eigenvalue weighted by molar-refractivity contribution is 9.10. The van der Waals surface area contributed by atoms with Crippen LogP contribution < -0.4 is 11.1 Å². The predicted molar refractivity (Wildman–Crippen MR) is 90.5 cm³/mol. The van der Waals surface area contributed by atoms with Crippen molar-refractivity contribution >= 4 is 33.2 Å². The molecule has 0 radical (unpaired) electrons.